The number of pyridine rings is 1. The number of nitrogens with zero attached hydrogens (tertiary/aromatic N) is 2. The van der Waals surface area contributed by atoms with Crippen LogP contribution in [0.3, 0.4) is 0 Å². The average Bonchev–Trinajstić information content (AvgIpc) is 2.88. The Morgan fingerprint density at radius 3 is 2.90 bits per heavy atom. The SMILES string of the molecule is CCNC(c1cccc(C)c1)c1cnn2ccccc12. The lowest BCUT2D eigenvalue weighted by atomic mass is 9.98. The molecule has 2 heterocycles. The van der Waals surface area contributed by atoms with Crippen LogP contribution in [0.25, 0.3) is 5.52 Å². The minimum atomic E-state index is 0.180. The third-order valence-corrected chi connectivity index (χ3v) is 3.55. The number of benzene rings is 1. The van der Waals surface area contributed by atoms with E-state index in [2.05, 4.69) is 60.7 Å². The molecule has 0 amide bonds. The smallest absolute Gasteiger partial charge is 0.0712 e. The van der Waals surface area contributed by atoms with Crippen molar-refractivity contribution in [2.24, 2.45) is 0 Å². The van der Waals surface area contributed by atoms with E-state index in [9.17, 15) is 0 Å². The first kappa shape index (κ1) is 12.9. The Labute approximate surface area is 119 Å². The fourth-order valence-corrected chi connectivity index (χ4v) is 2.64. The normalized spacial score (nSPS) is 12.7. The van der Waals surface area contributed by atoms with Crippen molar-refractivity contribution in [1.82, 2.24) is 14.9 Å². The number of hydrogen-bond donors (Lipinski definition) is 1. The number of aryl methyl sites for hydroxylation is 1. The average molecular weight is 265 g/mol. The first-order valence-corrected chi connectivity index (χ1v) is 7.02. The zero-order chi connectivity index (χ0) is 13.9. The predicted octanol–water partition coefficient (Wildman–Crippen LogP) is 3.34. The van der Waals surface area contributed by atoms with Crippen LogP contribution in [0.4, 0.5) is 0 Å². The van der Waals surface area contributed by atoms with Crippen LogP contribution < -0.4 is 5.32 Å². The largest absolute Gasteiger partial charge is 0.306 e. The van der Waals surface area contributed by atoms with Gasteiger partial charge in [-0.3, -0.25) is 0 Å². The van der Waals surface area contributed by atoms with E-state index >= 15 is 0 Å². The lowest BCUT2D eigenvalue weighted by Gasteiger charge is -2.18. The first-order chi connectivity index (χ1) is 9.79. The molecule has 1 N–H and O–H groups in total. The van der Waals surface area contributed by atoms with Gasteiger partial charge in [-0.2, -0.15) is 5.10 Å². The summed E-state index contributed by atoms with van der Waals surface area (Å²) in [6.45, 7) is 5.18. The van der Waals surface area contributed by atoms with Gasteiger partial charge in [0.15, 0.2) is 0 Å². The van der Waals surface area contributed by atoms with Crippen LogP contribution in [-0.4, -0.2) is 16.2 Å². The van der Waals surface area contributed by atoms with E-state index in [1.54, 1.807) is 0 Å². The van der Waals surface area contributed by atoms with Crippen molar-refractivity contribution in [3.8, 4) is 0 Å². The van der Waals surface area contributed by atoms with Gasteiger partial charge in [0.1, 0.15) is 0 Å². The summed E-state index contributed by atoms with van der Waals surface area (Å²) in [6.07, 6.45) is 3.95. The first-order valence-electron chi connectivity index (χ1n) is 7.02. The van der Waals surface area contributed by atoms with Crippen molar-refractivity contribution in [2.75, 3.05) is 6.54 Å². The molecule has 0 aliphatic heterocycles. The van der Waals surface area contributed by atoms with Crippen molar-refractivity contribution in [3.63, 3.8) is 0 Å². The zero-order valence-electron chi connectivity index (χ0n) is 11.9. The van der Waals surface area contributed by atoms with E-state index in [0.717, 1.165) is 12.1 Å². The summed E-state index contributed by atoms with van der Waals surface area (Å²) in [5.41, 5.74) is 4.94. The quantitative estimate of drug-likeness (QED) is 0.784. The molecule has 1 atom stereocenters. The highest BCUT2D eigenvalue weighted by molar-refractivity contribution is 5.57. The second-order valence-electron chi connectivity index (χ2n) is 5.04. The van der Waals surface area contributed by atoms with Gasteiger partial charge < -0.3 is 5.32 Å². The molecule has 3 rings (SSSR count). The summed E-state index contributed by atoms with van der Waals surface area (Å²) < 4.78 is 1.93. The molecule has 1 aromatic carbocycles. The Morgan fingerprint density at radius 2 is 2.10 bits per heavy atom. The Kier molecular flexibility index (Phi) is 3.52. The van der Waals surface area contributed by atoms with E-state index in [4.69, 9.17) is 0 Å². The summed E-state index contributed by atoms with van der Waals surface area (Å²) in [4.78, 5) is 0. The molecule has 1 unspecified atom stereocenters. The highest BCUT2D eigenvalue weighted by Gasteiger charge is 2.17. The highest BCUT2D eigenvalue weighted by Crippen LogP contribution is 2.26. The van der Waals surface area contributed by atoms with Crippen LogP contribution in [0.1, 0.15) is 29.7 Å². The molecule has 0 saturated carbocycles. The summed E-state index contributed by atoms with van der Waals surface area (Å²) in [6, 6.07) is 15.0. The van der Waals surface area contributed by atoms with Crippen molar-refractivity contribution >= 4 is 5.52 Å². The Bertz CT molecular complexity index is 715. The van der Waals surface area contributed by atoms with Crippen molar-refractivity contribution in [3.05, 3.63) is 71.5 Å². The molecule has 0 fully saturated rings. The predicted molar refractivity (Wildman–Crippen MR) is 81.9 cm³/mol. The van der Waals surface area contributed by atoms with Crippen molar-refractivity contribution in [1.29, 1.82) is 0 Å². The zero-order valence-corrected chi connectivity index (χ0v) is 11.9. The minimum absolute atomic E-state index is 0.180. The molecule has 0 aliphatic carbocycles. The fraction of sp³-hybridized carbons (Fsp3) is 0.235. The topological polar surface area (TPSA) is 29.3 Å². The molecule has 0 aliphatic rings. The molecule has 0 bridgehead atoms. The maximum absolute atomic E-state index is 4.45. The van der Waals surface area contributed by atoms with E-state index < -0.39 is 0 Å². The number of rotatable bonds is 4. The lowest BCUT2D eigenvalue weighted by molar-refractivity contribution is 0.634. The van der Waals surface area contributed by atoms with Gasteiger partial charge >= 0.3 is 0 Å². The molecule has 2 aromatic heterocycles. The molecule has 3 nitrogen and oxygen atoms in total. The maximum Gasteiger partial charge on any atom is 0.0712 e. The van der Waals surface area contributed by atoms with Crippen molar-refractivity contribution in [2.45, 2.75) is 19.9 Å². The van der Waals surface area contributed by atoms with E-state index in [-0.39, 0.29) is 6.04 Å². The molecular weight excluding hydrogens is 246 g/mol. The van der Waals surface area contributed by atoms with E-state index in [0.29, 0.717) is 0 Å². The van der Waals surface area contributed by atoms with Crippen LogP contribution in [0.2, 0.25) is 0 Å². The van der Waals surface area contributed by atoms with Gasteiger partial charge in [-0.25, -0.2) is 4.52 Å². The van der Waals surface area contributed by atoms with Gasteiger partial charge in [0, 0.05) is 11.8 Å². The third-order valence-electron chi connectivity index (χ3n) is 3.55. The van der Waals surface area contributed by atoms with Gasteiger partial charge in [-0.1, -0.05) is 42.8 Å². The summed E-state index contributed by atoms with van der Waals surface area (Å²) in [7, 11) is 0. The van der Waals surface area contributed by atoms with Crippen LogP contribution >= 0.6 is 0 Å². The second-order valence-corrected chi connectivity index (χ2v) is 5.04. The summed E-state index contributed by atoms with van der Waals surface area (Å²) in [5, 5.41) is 8.01. The number of nitrogens with one attached hydrogen (secondary N) is 1. The van der Waals surface area contributed by atoms with Crippen LogP contribution in [-0.2, 0) is 0 Å². The van der Waals surface area contributed by atoms with Gasteiger partial charge in [-0.05, 0) is 31.2 Å². The monoisotopic (exact) mass is 265 g/mol. The molecule has 102 valence electrons. The van der Waals surface area contributed by atoms with E-state index in [1.807, 2.05) is 23.0 Å². The molecule has 20 heavy (non-hydrogen) atoms. The van der Waals surface area contributed by atoms with Crippen LogP contribution in [0.5, 0.6) is 0 Å². The molecule has 3 aromatic rings. The molecular formula is C17H19N3. The summed E-state index contributed by atoms with van der Waals surface area (Å²) in [5.74, 6) is 0. The molecule has 3 heteroatoms. The number of aromatic nitrogens is 2. The third kappa shape index (κ3) is 2.32. The number of fused-ring (bicyclic) bond motifs is 1. The van der Waals surface area contributed by atoms with E-state index in [1.165, 1.54) is 16.7 Å². The van der Waals surface area contributed by atoms with Gasteiger partial charge in [0.2, 0.25) is 0 Å². The molecule has 0 spiro atoms. The Balaban J connectivity index is 2.11. The minimum Gasteiger partial charge on any atom is -0.306 e. The van der Waals surface area contributed by atoms with Gasteiger partial charge in [-0.15, -0.1) is 0 Å². The van der Waals surface area contributed by atoms with Crippen molar-refractivity contribution < 1.29 is 0 Å². The van der Waals surface area contributed by atoms with Gasteiger partial charge in [0.25, 0.3) is 0 Å². The van der Waals surface area contributed by atoms with Gasteiger partial charge in [0.05, 0.1) is 17.8 Å². The Hall–Kier alpha value is -2.13. The maximum atomic E-state index is 4.45. The Morgan fingerprint density at radius 1 is 1.20 bits per heavy atom. The molecule has 0 radical (unpaired) electrons. The summed E-state index contributed by atoms with van der Waals surface area (Å²) >= 11 is 0. The fourth-order valence-electron chi connectivity index (χ4n) is 2.64. The molecule has 0 saturated heterocycles. The number of hydrogen-bond acceptors (Lipinski definition) is 2. The standard InChI is InChI=1S/C17H19N3/c1-3-18-17(14-8-6-7-13(2)11-14)15-12-19-20-10-5-4-9-16(15)20/h4-12,17-18H,3H2,1-2H3. The highest BCUT2D eigenvalue weighted by atomic mass is 15.2. The second kappa shape index (κ2) is 5.47. The lowest BCUT2D eigenvalue weighted by Crippen LogP contribution is -2.21. The van der Waals surface area contributed by atoms with Crippen LogP contribution in [0, 0.1) is 6.92 Å². The van der Waals surface area contributed by atoms with Crippen LogP contribution in [0.15, 0.2) is 54.9 Å².